The average Bonchev–Trinajstić information content (AvgIpc) is 2.34. The number of rotatable bonds is 8. The second kappa shape index (κ2) is 8.38. The largest absolute Gasteiger partial charge is 0.489 e. The second-order valence-corrected chi connectivity index (χ2v) is 5.70. The Kier molecular flexibility index (Phi) is 7.13. The molecule has 0 saturated carbocycles. The third-order valence-corrected chi connectivity index (χ3v) is 3.29. The van der Waals surface area contributed by atoms with Crippen molar-refractivity contribution in [3.63, 3.8) is 0 Å². The number of nitrogens with one attached hydrogen (secondary N) is 1. The first-order chi connectivity index (χ1) is 8.65. The lowest BCUT2D eigenvalue weighted by atomic mass is 10.2. The molecule has 0 aromatic heterocycles. The van der Waals surface area contributed by atoms with Gasteiger partial charge in [0.25, 0.3) is 0 Å². The number of halogens is 1. The van der Waals surface area contributed by atoms with E-state index in [1.54, 1.807) is 17.8 Å². The first-order valence-electron chi connectivity index (χ1n) is 6.36. The van der Waals surface area contributed by atoms with Gasteiger partial charge in [0.15, 0.2) is 11.6 Å². The summed E-state index contributed by atoms with van der Waals surface area (Å²) < 4.78 is 19.3. The summed E-state index contributed by atoms with van der Waals surface area (Å²) >= 11 is 1.79. The zero-order valence-corrected chi connectivity index (χ0v) is 12.1. The molecule has 0 atom stereocenters. The first kappa shape index (κ1) is 15.3. The normalized spacial score (nSPS) is 10.9. The van der Waals surface area contributed by atoms with E-state index < -0.39 is 0 Å². The van der Waals surface area contributed by atoms with Crippen LogP contribution in [0.1, 0.15) is 26.3 Å². The molecule has 2 nitrogen and oxygen atoms in total. The second-order valence-electron chi connectivity index (χ2n) is 4.31. The maximum absolute atomic E-state index is 13.7. The molecule has 0 aliphatic heterocycles. The smallest absolute Gasteiger partial charge is 0.165 e. The standard InChI is InChI=1S/C14H22FNOS/c1-4-18-9-8-17-14-12(10-16-11(2)3)6-5-7-13(14)15/h5-7,11,16H,4,8-10H2,1-3H3. The van der Waals surface area contributed by atoms with Crippen LogP contribution in [0.5, 0.6) is 5.75 Å². The van der Waals surface area contributed by atoms with Crippen LogP contribution in [0, 0.1) is 5.82 Å². The lowest BCUT2D eigenvalue weighted by Gasteiger charge is -2.14. The molecule has 0 aliphatic rings. The van der Waals surface area contributed by atoms with Crippen molar-refractivity contribution in [1.29, 1.82) is 0 Å². The van der Waals surface area contributed by atoms with Crippen molar-refractivity contribution in [3.05, 3.63) is 29.6 Å². The van der Waals surface area contributed by atoms with E-state index in [-0.39, 0.29) is 5.82 Å². The summed E-state index contributed by atoms with van der Waals surface area (Å²) in [6, 6.07) is 5.44. The Hall–Kier alpha value is -0.740. The SMILES string of the molecule is CCSCCOc1c(F)cccc1CNC(C)C. The Morgan fingerprint density at radius 3 is 2.83 bits per heavy atom. The number of hydrogen-bond donors (Lipinski definition) is 1. The summed E-state index contributed by atoms with van der Waals surface area (Å²) in [5, 5.41) is 3.28. The highest BCUT2D eigenvalue weighted by Gasteiger charge is 2.09. The first-order valence-corrected chi connectivity index (χ1v) is 7.52. The Bertz CT molecular complexity index is 358. The minimum absolute atomic E-state index is 0.278. The molecule has 4 heteroatoms. The zero-order chi connectivity index (χ0) is 13.4. The van der Waals surface area contributed by atoms with Gasteiger partial charge in [-0.05, 0) is 11.8 Å². The van der Waals surface area contributed by atoms with Gasteiger partial charge in [0.2, 0.25) is 0 Å². The highest BCUT2D eigenvalue weighted by Crippen LogP contribution is 2.23. The third-order valence-electron chi connectivity index (χ3n) is 2.43. The molecular weight excluding hydrogens is 249 g/mol. The van der Waals surface area contributed by atoms with Crippen LogP contribution >= 0.6 is 11.8 Å². The minimum atomic E-state index is -0.278. The maximum Gasteiger partial charge on any atom is 0.165 e. The van der Waals surface area contributed by atoms with Gasteiger partial charge in [-0.2, -0.15) is 11.8 Å². The van der Waals surface area contributed by atoms with Crippen molar-refractivity contribution in [2.24, 2.45) is 0 Å². The van der Waals surface area contributed by atoms with Crippen molar-refractivity contribution in [3.8, 4) is 5.75 Å². The fourth-order valence-corrected chi connectivity index (χ4v) is 2.01. The molecule has 0 aliphatic carbocycles. The van der Waals surface area contributed by atoms with Gasteiger partial charge in [0.1, 0.15) is 0 Å². The van der Waals surface area contributed by atoms with Crippen LogP contribution in [0.2, 0.25) is 0 Å². The molecular formula is C14H22FNOS. The van der Waals surface area contributed by atoms with Crippen LogP contribution in [0.25, 0.3) is 0 Å². The van der Waals surface area contributed by atoms with Crippen LogP contribution < -0.4 is 10.1 Å². The molecule has 0 spiro atoms. The summed E-state index contributed by atoms with van der Waals surface area (Å²) in [6.07, 6.45) is 0. The van der Waals surface area contributed by atoms with Crippen LogP contribution in [0.4, 0.5) is 4.39 Å². The van der Waals surface area contributed by atoms with Crippen molar-refractivity contribution in [2.75, 3.05) is 18.1 Å². The summed E-state index contributed by atoms with van der Waals surface area (Å²) in [5.74, 6) is 2.06. The lowest BCUT2D eigenvalue weighted by Crippen LogP contribution is -2.22. The molecule has 1 aromatic rings. The summed E-state index contributed by atoms with van der Waals surface area (Å²) in [7, 11) is 0. The number of para-hydroxylation sites is 1. The topological polar surface area (TPSA) is 21.3 Å². The van der Waals surface area contributed by atoms with E-state index in [1.165, 1.54) is 6.07 Å². The molecule has 0 amide bonds. The summed E-state index contributed by atoms with van der Waals surface area (Å²) in [6.45, 7) is 7.42. The van der Waals surface area contributed by atoms with Gasteiger partial charge >= 0.3 is 0 Å². The zero-order valence-electron chi connectivity index (χ0n) is 11.3. The predicted octanol–water partition coefficient (Wildman–Crippen LogP) is 3.46. The van der Waals surface area contributed by atoms with Crippen LogP contribution in [-0.4, -0.2) is 24.2 Å². The molecule has 1 rings (SSSR count). The average molecular weight is 271 g/mol. The van der Waals surface area contributed by atoms with Gasteiger partial charge in [-0.3, -0.25) is 0 Å². The van der Waals surface area contributed by atoms with Crippen molar-refractivity contribution < 1.29 is 9.13 Å². The van der Waals surface area contributed by atoms with Gasteiger partial charge in [-0.15, -0.1) is 0 Å². The lowest BCUT2D eigenvalue weighted by molar-refractivity contribution is 0.319. The third kappa shape index (κ3) is 5.27. The van der Waals surface area contributed by atoms with Gasteiger partial charge in [-0.1, -0.05) is 32.9 Å². The molecule has 1 N–H and O–H groups in total. The van der Waals surface area contributed by atoms with Crippen LogP contribution in [0.15, 0.2) is 18.2 Å². The molecule has 18 heavy (non-hydrogen) atoms. The highest BCUT2D eigenvalue weighted by atomic mass is 32.2. The van der Waals surface area contributed by atoms with Gasteiger partial charge < -0.3 is 10.1 Å². The Morgan fingerprint density at radius 2 is 2.17 bits per heavy atom. The van der Waals surface area contributed by atoms with Crippen molar-refractivity contribution in [2.45, 2.75) is 33.4 Å². The highest BCUT2D eigenvalue weighted by molar-refractivity contribution is 7.99. The number of benzene rings is 1. The van der Waals surface area contributed by atoms with Gasteiger partial charge in [0, 0.05) is 23.9 Å². The molecule has 0 radical (unpaired) electrons. The minimum Gasteiger partial charge on any atom is -0.489 e. The number of thioether (sulfide) groups is 1. The monoisotopic (exact) mass is 271 g/mol. The van der Waals surface area contributed by atoms with E-state index in [1.807, 2.05) is 6.07 Å². The number of hydrogen-bond acceptors (Lipinski definition) is 3. The van der Waals surface area contributed by atoms with Crippen LogP contribution in [0.3, 0.4) is 0 Å². The summed E-state index contributed by atoms with van der Waals surface area (Å²) in [4.78, 5) is 0. The van der Waals surface area contributed by atoms with E-state index in [9.17, 15) is 4.39 Å². The molecule has 0 unspecified atom stereocenters. The Morgan fingerprint density at radius 1 is 1.39 bits per heavy atom. The van der Waals surface area contributed by atoms with Gasteiger partial charge in [-0.25, -0.2) is 4.39 Å². The van der Waals surface area contributed by atoms with E-state index in [4.69, 9.17) is 4.74 Å². The van der Waals surface area contributed by atoms with Gasteiger partial charge in [0.05, 0.1) is 6.61 Å². The molecule has 0 fully saturated rings. The molecule has 1 aromatic carbocycles. The molecule has 0 bridgehead atoms. The fraction of sp³-hybridized carbons (Fsp3) is 0.571. The van der Waals surface area contributed by atoms with E-state index in [0.29, 0.717) is 24.9 Å². The van der Waals surface area contributed by atoms with E-state index in [2.05, 4.69) is 26.1 Å². The molecule has 0 heterocycles. The van der Waals surface area contributed by atoms with Crippen LogP contribution in [-0.2, 0) is 6.54 Å². The Balaban J connectivity index is 2.62. The van der Waals surface area contributed by atoms with Crippen molar-refractivity contribution >= 4 is 11.8 Å². The number of ether oxygens (including phenoxy) is 1. The summed E-state index contributed by atoms with van der Waals surface area (Å²) in [5.41, 5.74) is 0.880. The van der Waals surface area contributed by atoms with Crippen molar-refractivity contribution in [1.82, 2.24) is 5.32 Å². The molecule has 0 saturated heterocycles. The maximum atomic E-state index is 13.7. The Labute approximate surface area is 113 Å². The predicted molar refractivity (Wildman–Crippen MR) is 76.9 cm³/mol. The molecule has 102 valence electrons. The quantitative estimate of drug-likeness (QED) is 0.732. The van der Waals surface area contributed by atoms with E-state index in [0.717, 1.165) is 17.1 Å². The van der Waals surface area contributed by atoms with E-state index >= 15 is 0 Å². The fourth-order valence-electron chi connectivity index (χ4n) is 1.52.